The summed E-state index contributed by atoms with van der Waals surface area (Å²) in [6, 6.07) is 0. The number of rotatable bonds is 2. The smallest absolute Gasteiger partial charge is 0.250 e. The molecule has 0 rings (SSSR count). The van der Waals surface area contributed by atoms with Crippen LogP contribution >= 0.6 is 11.6 Å². The molecule has 0 bridgehead atoms. The number of halogens is 2. The van der Waals surface area contributed by atoms with Crippen molar-refractivity contribution in [3.05, 3.63) is 0 Å². The number of nitrogens with zero attached hydrogens (tertiary/aromatic N) is 1. The molecule has 1 nitrogen and oxygen atoms in total. The van der Waals surface area contributed by atoms with Crippen LogP contribution < -0.4 is 12.4 Å². The van der Waals surface area contributed by atoms with E-state index in [4.69, 9.17) is 11.6 Å². The van der Waals surface area contributed by atoms with Crippen LogP contribution in [-0.4, -0.2) is 22.8 Å². The minimum atomic E-state index is 0. The molecule has 0 aromatic heterocycles. The zero-order valence-electron chi connectivity index (χ0n) is 8.62. The average Bonchev–Trinajstić information content (AvgIpc) is 1.88. The molecule has 0 aromatic rings. The van der Waals surface area contributed by atoms with Crippen LogP contribution in [0, 0.1) is 5.41 Å². The van der Waals surface area contributed by atoms with Crippen molar-refractivity contribution in [1.29, 1.82) is 0 Å². The normalized spacial score (nSPS) is 10.5. The van der Waals surface area contributed by atoms with E-state index in [1.54, 1.807) is 0 Å². The molecule has 0 atom stereocenters. The van der Waals surface area contributed by atoms with Gasteiger partial charge in [-0.05, 0) is 46.2 Å². The summed E-state index contributed by atoms with van der Waals surface area (Å²) in [4.78, 5) is 0. The first-order chi connectivity index (χ1) is 4.93. The average molecular weight is 212 g/mol. The van der Waals surface area contributed by atoms with Gasteiger partial charge in [-0.2, -0.15) is 0 Å². The molecule has 0 aromatic carbocycles. The summed E-state index contributed by atoms with van der Waals surface area (Å²) in [6.07, 6.45) is 0. The van der Waals surface area contributed by atoms with Crippen molar-refractivity contribution in [2.45, 2.75) is 34.6 Å². The first-order valence-corrected chi connectivity index (χ1v) is 4.59. The van der Waals surface area contributed by atoms with Crippen LogP contribution in [0.25, 0.3) is 0 Å². The molecule has 0 spiro atoms. The summed E-state index contributed by atoms with van der Waals surface area (Å²) < 4.78 is 2.18. The van der Waals surface area contributed by atoms with Gasteiger partial charge < -0.3 is 12.4 Å². The van der Waals surface area contributed by atoms with E-state index in [-0.39, 0.29) is 17.8 Å². The summed E-state index contributed by atoms with van der Waals surface area (Å²) in [5.41, 5.74) is 0.0908. The second-order valence-electron chi connectivity index (χ2n) is 3.71. The molecule has 0 amide bonds. The third kappa shape index (κ3) is 4.32. The maximum absolute atomic E-state index is 6.17. The Kier molecular flexibility index (Phi) is 7.16. The summed E-state index contributed by atoms with van der Waals surface area (Å²) >= 11 is 6.17. The van der Waals surface area contributed by atoms with E-state index < -0.39 is 0 Å². The summed E-state index contributed by atoms with van der Waals surface area (Å²) in [5, 5.41) is 0.961. The topological polar surface area (TPSA) is 3.01 Å². The molecule has 0 aliphatic heterocycles. The molecule has 0 N–H and O–H groups in total. The molecular formula is C9H19Cl2N. The van der Waals surface area contributed by atoms with E-state index in [1.807, 2.05) is 0 Å². The van der Waals surface area contributed by atoms with Crippen LogP contribution in [0.15, 0.2) is 0 Å². The Morgan fingerprint density at radius 2 is 1.50 bits per heavy atom. The lowest BCUT2D eigenvalue weighted by atomic mass is 9.98. The summed E-state index contributed by atoms with van der Waals surface area (Å²) in [5.74, 6) is 0. The fraction of sp³-hybridized carbons (Fsp3) is 0.889. The summed E-state index contributed by atoms with van der Waals surface area (Å²) in [6.45, 7) is 12.6. The Labute approximate surface area is 87.2 Å². The van der Waals surface area contributed by atoms with Crippen LogP contribution in [0.1, 0.15) is 34.6 Å². The van der Waals surface area contributed by atoms with Crippen molar-refractivity contribution in [2.75, 3.05) is 13.1 Å². The Hall–Kier alpha value is 0.250. The zero-order chi connectivity index (χ0) is 9.07. The van der Waals surface area contributed by atoms with Crippen LogP contribution in [0.5, 0.6) is 0 Å². The van der Waals surface area contributed by atoms with Gasteiger partial charge in [0.15, 0.2) is 0 Å². The molecule has 0 saturated carbocycles. The van der Waals surface area contributed by atoms with Gasteiger partial charge >= 0.3 is 0 Å². The number of hydrogen-bond acceptors (Lipinski definition) is 0. The van der Waals surface area contributed by atoms with E-state index in [0.29, 0.717) is 0 Å². The van der Waals surface area contributed by atoms with Gasteiger partial charge in [0, 0.05) is 0 Å². The van der Waals surface area contributed by atoms with Crippen molar-refractivity contribution >= 4 is 16.8 Å². The molecule has 12 heavy (non-hydrogen) atoms. The maximum atomic E-state index is 6.17. The fourth-order valence-corrected chi connectivity index (χ4v) is 1.21. The largest absolute Gasteiger partial charge is 1.00 e. The van der Waals surface area contributed by atoms with Gasteiger partial charge in [0.1, 0.15) is 13.1 Å². The predicted octanol–water partition coefficient (Wildman–Crippen LogP) is -0.274. The van der Waals surface area contributed by atoms with Gasteiger partial charge in [-0.1, -0.05) is 0 Å². The minimum absolute atomic E-state index is 0. The molecule has 0 radical (unpaired) electrons. The molecule has 0 heterocycles. The third-order valence-corrected chi connectivity index (χ3v) is 2.47. The van der Waals surface area contributed by atoms with Crippen molar-refractivity contribution in [1.82, 2.24) is 0 Å². The highest BCUT2D eigenvalue weighted by atomic mass is 35.5. The predicted molar refractivity (Wildman–Crippen MR) is 51.7 cm³/mol. The quantitative estimate of drug-likeness (QED) is 0.438. The molecule has 74 valence electrons. The molecule has 0 unspecified atom stereocenters. The van der Waals surface area contributed by atoms with E-state index in [9.17, 15) is 0 Å². The van der Waals surface area contributed by atoms with Gasteiger partial charge in [-0.15, -0.1) is 0 Å². The highest BCUT2D eigenvalue weighted by Gasteiger charge is 2.24. The van der Waals surface area contributed by atoms with Gasteiger partial charge in [-0.25, -0.2) is 4.58 Å². The lowest BCUT2D eigenvalue weighted by Gasteiger charge is -2.14. The molecule has 0 saturated heterocycles. The molecule has 0 fully saturated rings. The molecular weight excluding hydrogens is 193 g/mol. The molecule has 3 heteroatoms. The Morgan fingerprint density at radius 3 is 1.58 bits per heavy atom. The van der Waals surface area contributed by atoms with Crippen molar-refractivity contribution in [2.24, 2.45) is 5.41 Å². The number of hydrogen-bond donors (Lipinski definition) is 0. The Balaban J connectivity index is 0. The second kappa shape index (κ2) is 5.82. The standard InChI is InChI=1S/C9H19ClN.ClH/c1-6-11(7-2)8(10)9(3,4)5;/h6-7H2,1-5H3;1H/q+1;/p-1. The van der Waals surface area contributed by atoms with Crippen molar-refractivity contribution in [3.8, 4) is 0 Å². The van der Waals surface area contributed by atoms with Crippen LogP contribution in [0.2, 0.25) is 0 Å². The van der Waals surface area contributed by atoms with Gasteiger partial charge in [-0.3, -0.25) is 0 Å². The maximum Gasteiger partial charge on any atom is 0.250 e. The highest BCUT2D eigenvalue weighted by molar-refractivity contribution is 6.64. The minimum Gasteiger partial charge on any atom is -1.00 e. The summed E-state index contributed by atoms with van der Waals surface area (Å²) in [7, 11) is 0. The van der Waals surface area contributed by atoms with E-state index in [1.165, 1.54) is 0 Å². The lowest BCUT2D eigenvalue weighted by Crippen LogP contribution is -3.00. The van der Waals surface area contributed by atoms with E-state index in [2.05, 4.69) is 39.2 Å². The fourth-order valence-electron chi connectivity index (χ4n) is 0.976. The second-order valence-corrected chi connectivity index (χ2v) is 4.07. The Bertz CT molecular complexity index is 150. The van der Waals surface area contributed by atoms with Crippen LogP contribution in [-0.2, 0) is 0 Å². The molecule has 0 aliphatic carbocycles. The highest BCUT2D eigenvalue weighted by Crippen LogP contribution is 2.18. The van der Waals surface area contributed by atoms with Gasteiger partial charge in [0.05, 0.1) is 5.41 Å². The lowest BCUT2D eigenvalue weighted by molar-refractivity contribution is -0.521. The van der Waals surface area contributed by atoms with Gasteiger partial charge in [0.25, 0.3) is 0 Å². The van der Waals surface area contributed by atoms with Crippen LogP contribution in [0.4, 0.5) is 0 Å². The first kappa shape index (κ1) is 14.8. The van der Waals surface area contributed by atoms with Crippen LogP contribution in [0.3, 0.4) is 0 Å². The molecule has 0 aliphatic rings. The van der Waals surface area contributed by atoms with E-state index >= 15 is 0 Å². The first-order valence-electron chi connectivity index (χ1n) is 4.21. The van der Waals surface area contributed by atoms with Crippen molar-refractivity contribution < 1.29 is 17.0 Å². The SMILES string of the molecule is CC[N+](CC)=C(Cl)C(C)(C)C.[Cl-]. The van der Waals surface area contributed by atoms with Gasteiger partial charge in [0.2, 0.25) is 5.17 Å². The zero-order valence-corrected chi connectivity index (χ0v) is 10.1. The Morgan fingerprint density at radius 1 is 1.17 bits per heavy atom. The monoisotopic (exact) mass is 211 g/mol. The van der Waals surface area contributed by atoms with E-state index in [0.717, 1.165) is 18.3 Å². The van der Waals surface area contributed by atoms with Crippen molar-refractivity contribution in [3.63, 3.8) is 0 Å². The third-order valence-electron chi connectivity index (χ3n) is 1.66.